The van der Waals surface area contributed by atoms with Crippen LogP contribution in [0, 0.1) is 16.0 Å². The average molecular weight is 586 g/mol. The lowest BCUT2D eigenvalue weighted by Crippen LogP contribution is -2.48. The van der Waals surface area contributed by atoms with Crippen LogP contribution in [0.1, 0.15) is 52.9 Å². The number of piperidine rings is 2. The van der Waals surface area contributed by atoms with Gasteiger partial charge in [-0.15, -0.1) is 0 Å². The van der Waals surface area contributed by atoms with Gasteiger partial charge in [0.15, 0.2) is 8.32 Å². The maximum atomic E-state index is 11.0. The Bertz CT molecular complexity index is 1160. The van der Waals surface area contributed by atoms with Crippen LogP contribution in [0.5, 0.6) is 11.8 Å². The van der Waals surface area contributed by atoms with Gasteiger partial charge < -0.3 is 33.8 Å². The highest BCUT2D eigenvalue weighted by Crippen LogP contribution is 2.38. The number of hydrogen-bond donors (Lipinski definition) is 0. The van der Waals surface area contributed by atoms with Gasteiger partial charge >= 0.3 is 11.8 Å². The van der Waals surface area contributed by atoms with Gasteiger partial charge in [-0.1, -0.05) is 20.8 Å². The Morgan fingerprint density at radius 2 is 1.71 bits per heavy atom. The molecule has 10 nitrogen and oxygen atoms in total. The van der Waals surface area contributed by atoms with Crippen LogP contribution < -0.4 is 14.4 Å². The predicted molar refractivity (Wildman–Crippen MR) is 163 cm³/mol. The molecular weight excluding hydrogens is 538 g/mol. The molecule has 0 aliphatic carbocycles. The summed E-state index contributed by atoms with van der Waals surface area (Å²) in [5, 5.41) is 11.2. The minimum Gasteiger partial charge on any atom is -0.490 e. The first-order valence-corrected chi connectivity index (χ1v) is 18.1. The van der Waals surface area contributed by atoms with Crippen molar-refractivity contribution in [2.45, 2.75) is 89.8 Å². The summed E-state index contributed by atoms with van der Waals surface area (Å²) in [6.45, 7) is 18.4. The number of anilines is 1. The fourth-order valence-electron chi connectivity index (χ4n) is 5.82. The van der Waals surface area contributed by atoms with E-state index in [1.165, 1.54) is 44.1 Å². The molecule has 1 atom stereocenters. The Balaban J connectivity index is 1.01. The van der Waals surface area contributed by atoms with E-state index in [9.17, 15) is 10.1 Å². The van der Waals surface area contributed by atoms with E-state index < -0.39 is 13.2 Å². The molecule has 4 heterocycles. The highest BCUT2D eigenvalue weighted by atomic mass is 28.4. The Morgan fingerprint density at radius 3 is 2.34 bits per heavy atom. The van der Waals surface area contributed by atoms with E-state index in [-0.39, 0.29) is 23.0 Å². The number of rotatable bonds is 9. The van der Waals surface area contributed by atoms with Gasteiger partial charge in [-0.05, 0) is 78.9 Å². The molecule has 0 bridgehead atoms. The van der Waals surface area contributed by atoms with E-state index in [0.717, 1.165) is 44.3 Å². The van der Waals surface area contributed by atoms with Crippen LogP contribution in [-0.4, -0.2) is 79.2 Å². The topological polar surface area (TPSA) is 95.1 Å². The van der Waals surface area contributed by atoms with Crippen LogP contribution in [0.25, 0.3) is 0 Å². The van der Waals surface area contributed by atoms with Crippen LogP contribution in [0.4, 0.5) is 11.5 Å². The predicted octanol–water partition coefficient (Wildman–Crippen LogP) is 5.72. The zero-order valence-corrected chi connectivity index (χ0v) is 26.4. The van der Waals surface area contributed by atoms with Gasteiger partial charge in [0.1, 0.15) is 24.7 Å². The number of nitro groups is 1. The summed E-state index contributed by atoms with van der Waals surface area (Å²) in [4.78, 5) is 19.6. The summed E-state index contributed by atoms with van der Waals surface area (Å²) < 4.78 is 20.2. The third-order valence-corrected chi connectivity index (χ3v) is 14.0. The summed E-state index contributed by atoms with van der Waals surface area (Å²) in [6.07, 6.45) is 7.18. The third kappa shape index (κ3) is 7.42. The van der Waals surface area contributed by atoms with E-state index in [4.69, 9.17) is 13.9 Å². The number of hydrogen-bond acceptors (Lipinski definition) is 8. The summed E-state index contributed by atoms with van der Waals surface area (Å²) in [5.41, 5.74) is 1.24. The molecule has 0 spiro atoms. The first kappa shape index (κ1) is 29.8. The standard InChI is InChI=1S/C30H47N5O5Si/c1-30(2,3)41(4,5)40-26-12-15-32(16-13-26)20-23-10-17-33(18-11-23)24-6-8-25(9-7-24)38-22-27-14-19-34-21-28(35(36)37)31-29(34)39-27/h6-9,21,23,26-27H,10-20,22H2,1-5H3/t27-/m1/s1. The van der Waals surface area contributed by atoms with Crippen molar-refractivity contribution in [2.24, 2.45) is 5.92 Å². The molecule has 1 aromatic carbocycles. The molecule has 2 saturated heterocycles. The second-order valence-corrected chi connectivity index (χ2v) is 18.2. The second-order valence-electron chi connectivity index (χ2n) is 13.5. The highest BCUT2D eigenvalue weighted by Gasteiger charge is 2.40. The fraction of sp³-hybridized carbons (Fsp3) is 0.700. The van der Waals surface area contributed by atoms with Crippen molar-refractivity contribution in [3.05, 3.63) is 40.6 Å². The molecule has 3 aliphatic rings. The monoisotopic (exact) mass is 585 g/mol. The van der Waals surface area contributed by atoms with Gasteiger partial charge in [0.2, 0.25) is 0 Å². The van der Waals surface area contributed by atoms with Gasteiger partial charge in [0.05, 0.1) is 0 Å². The van der Waals surface area contributed by atoms with Crippen molar-refractivity contribution in [1.29, 1.82) is 0 Å². The Morgan fingerprint density at radius 1 is 1.02 bits per heavy atom. The van der Waals surface area contributed by atoms with Crippen LogP contribution >= 0.6 is 0 Å². The SMILES string of the molecule is CC(C)(C)[Si](C)(C)OC1CCN(CC2CCN(c3ccc(OC[C@H]4CCn5cc([N+](=O)[O-])nc5O4)cc3)CC2)CC1. The van der Waals surface area contributed by atoms with Gasteiger partial charge in [-0.3, -0.25) is 4.57 Å². The van der Waals surface area contributed by atoms with Crippen LogP contribution in [0.2, 0.25) is 18.1 Å². The molecule has 226 valence electrons. The third-order valence-electron chi connectivity index (χ3n) is 9.45. The Kier molecular flexibility index (Phi) is 8.96. The molecule has 0 unspecified atom stereocenters. The summed E-state index contributed by atoms with van der Waals surface area (Å²) >= 11 is 0. The van der Waals surface area contributed by atoms with Crippen molar-refractivity contribution in [1.82, 2.24) is 14.5 Å². The lowest BCUT2D eigenvalue weighted by molar-refractivity contribution is -0.389. The van der Waals surface area contributed by atoms with Crippen molar-refractivity contribution < 1.29 is 18.8 Å². The fourth-order valence-corrected chi connectivity index (χ4v) is 7.24. The Hall–Kier alpha value is -2.63. The second kappa shape index (κ2) is 12.3. The summed E-state index contributed by atoms with van der Waals surface area (Å²) in [7, 11) is -1.69. The van der Waals surface area contributed by atoms with Crippen molar-refractivity contribution in [2.75, 3.05) is 44.2 Å². The molecule has 0 N–H and O–H groups in total. The van der Waals surface area contributed by atoms with E-state index in [1.54, 1.807) is 4.57 Å². The number of imidazole rings is 1. The maximum absolute atomic E-state index is 11.0. The number of nitrogens with zero attached hydrogens (tertiary/aromatic N) is 5. The van der Waals surface area contributed by atoms with E-state index >= 15 is 0 Å². The van der Waals surface area contributed by atoms with Gasteiger partial charge in [0, 0.05) is 62.5 Å². The number of likely N-dealkylation sites (tertiary alicyclic amines) is 1. The number of ether oxygens (including phenoxy) is 2. The number of aromatic nitrogens is 2. The minimum atomic E-state index is -1.69. The van der Waals surface area contributed by atoms with Crippen LogP contribution in [0.15, 0.2) is 30.5 Å². The number of fused-ring (bicyclic) bond motifs is 1. The number of aryl methyl sites for hydroxylation is 1. The van der Waals surface area contributed by atoms with Gasteiger partial charge in [-0.2, -0.15) is 0 Å². The molecule has 0 radical (unpaired) electrons. The first-order chi connectivity index (χ1) is 19.5. The molecule has 11 heteroatoms. The first-order valence-electron chi connectivity index (χ1n) is 15.2. The van der Waals surface area contributed by atoms with Crippen molar-refractivity contribution in [3.8, 4) is 11.8 Å². The molecule has 41 heavy (non-hydrogen) atoms. The van der Waals surface area contributed by atoms with E-state index in [2.05, 4.69) is 60.8 Å². The van der Waals surface area contributed by atoms with E-state index in [1.807, 2.05) is 12.1 Å². The molecular formula is C30H47N5O5Si. The van der Waals surface area contributed by atoms with Crippen LogP contribution in [0.3, 0.4) is 0 Å². The van der Waals surface area contributed by atoms with Gasteiger partial charge in [0.25, 0.3) is 0 Å². The number of benzene rings is 1. The van der Waals surface area contributed by atoms with Crippen molar-refractivity contribution >= 4 is 19.8 Å². The average Bonchev–Trinajstić information content (AvgIpc) is 3.37. The maximum Gasteiger partial charge on any atom is 0.414 e. The molecule has 3 aliphatic heterocycles. The lowest BCUT2D eigenvalue weighted by atomic mass is 9.94. The van der Waals surface area contributed by atoms with Crippen LogP contribution in [-0.2, 0) is 11.0 Å². The summed E-state index contributed by atoms with van der Waals surface area (Å²) in [6, 6.07) is 8.61. The Labute approximate surface area is 245 Å². The minimum absolute atomic E-state index is 0.182. The van der Waals surface area contributed by atoms with E-state index in [0.29, 0.717) is 19.3 Å². The molecule has 0 saturated carbocycles. The quantitative estimate of drug-likeness (QED) is 0.209. The molecule has 0 amide bonds. The normalized spacial score (nSPS) is 21.4. The lowest BCUT2D eigenvalue weighted by Gasteiger charge is -2.43. The van der Waals surface area contributed by atoms with Gasteiger partial charge in [-0.25, -0.2) is 0 Å². The largest absolute Gasteiger partial charge is 0.490 e. The summed E-state index contributed by atoms with van der Waals surface area (Å²) in [5.74, 6) is 1.38. The molecule has 2 fully saturated rings. The zero-order valence-electron chi connectivity index (χ0n) is 25.4. The van der Waals surface area contributed by atoms with Crippen molar-refractivity contribution in [3.63, 3.8) is 0 Å². The molecule has 5 rings (SSSR count). The molecule has 2 aromatic rings. The smallest absolute Gasteiger partial charge is 0.414 e. The highest BCUT2D eigenvalue weighted by molar-refractivity contribution is 6.74. The zero-order chi connectivity index (χ0) is 29.2. The molecule has 1 aromatic heterocycles.